The summed E-state index contributed by atoms with van der Waals surface area (Å²) in [4.78, 5) is 0. The first-order valence-electron chi connectivity index (χ1n) is 6.33. The minimum Gasteiger partial charge on any atom is -0.459 e. The molecule has 2 aromatic heterocycles. The minimum absolute atomic E-state index is 0.0741. The van der Waals surface area contributed by atoms with Crippen LogP contribution in [0.4, 0.5) is 5.13 Å². The fraction of sp³-hybridized carbons (Fsp3) is 0.286. The highest BCUT2D eigenvalue weighted by Gasteiger charge is 2.13. The van der Waals surface area contributed by atoms with Gasteiger partial charge in [0.05, 0.1) is 6.04 Å². The second-order valence-electron chi connectivity index (χ2n) is 4.41. The van der Waals surface area contributed by atoms with Crippen LogP contribution in [-0.4, -0.2) is 10.2 Å². The van der Waals surface area contributed by atoms with Crippen molar-refractivity contribution in [1.82, 2.24) is 10.2 Å². The Bertz CT molecular complexity index is 656. The van der Waals surface area contributed by atoms with Crippen molar-refractivity contribution in [3.05, 3.63) is 41.1 Å². The molecule has 0 bridgehead atoms. The van der Waals surface area contributed by atoms with Crippen LogP contribution in [0.2, 0.25) is 0 Å². The number of hydrogen-bond acceptors (Lipinski definition) is 5. The molecule has 1 atom stereocenters. The van der Waals surface area contributed by atoms with E-state index in [1.165, 1.54) is 0 Å². The number of nitrogens with zero attached hydrogens (tertiary/aromatic N) is 2. The van der Waals surface area contributed by atoms with Gasteiger partial charge in [-0.25, -0.2) is 0 Å². The van der Waals surface area contributed by atoms with E-state index in [1.54, 1.807) is 11.3 Å². The molecule has 4 nitrogen and oxygen atoms in total. The number of nitrogens with one attached hydrogen (secondary N) is 1. The number of benzene rings is 1. The van der Waals surface area contributed by atoms with E-state index in [1.807, 2.05) is 18.2 Å². The summed E-state index contributed by atoms with van der Waals surface area (Å²) in [6.45, 7) is 4.14. The Morgan fingerprint density at radius 2 is 2.16 bits per heavy atom. The van der Waals surface area contributed by atoms with E-state index < -0.39 is 0 Å². The number of furan rings is 1. The van der Waals surface area contributed by atoms with Gasteiger partial charge in [0.1, 0.15) is 16.4 Å². The molecule has 5 heteroatoms. The lowest BCUT2D eigenvalue weighted by Crippen LogP contribution is -2.04. The molecule has 2 heterocycles. The van der Waals surface area contributed by atoms with Gasteiger partial charge in [0, 0.05) is 5.39 Å². The maximum absolute atomic E-state index is 5.83. The number of para-hydroxylation sites is 1. The summed E-state index contributed by atoms with van der Waals surface area (Å²) in [6.07, 6.45) is 0.915. The Kier molecular flexibility index (Phi) is 3.21. The van der Waals surface area contributed by atoms with Crippen molar-refractivity contribution in [2.45, 2.75) is 26.3 Å². The lowest BCUT2D eigenvalue weighted by Gasteiger charge is -2.08. The SMILES string of the molecule is CCc1nnc(NC(C)c2cc3ccccc3o2)s1. The van der Waals surface area contributed by atoms with Gasteiger partial charge in [-0.05, 0) is 25.5 Å². The molecule has 0 aliphatic carbocycles. The van der Waals surface area contributed by atoms with Crippen molar-refractivity contribution < 1.29 is 4.42 Å². The zero-order chi connectivity index (χ0) is 13.2. The van der Waals surface area contributed by atoms with E-state index in [4.69, 9.17) is 4.42 Å². The van der Waals surface area contributed by atoms with Gasteiger partial charge in [0.25, 0.3) is 0 Å². The molecule has 3 aromatic rings. The Morgan fingerprint density at radius 3 is 2.89 bits per heavy atom. The van der Waals surface area contributed by atoms with Gasteiger partial charge in [0.2, 0.25) is 5.13 Å². The van der Waals surface area contributed by atoms with Crippen LogP contribution < -0.4 is 5.32 Å². The third-order valence-corrected chi connectivity index (χ3v) is 3.98. The highest BCUT2D eigenvalue weighted by Crippen LogP contribution is 2.27. The Hall–Kier alpha value is -1.88. The van der Waals surface area contributed by atoms with Crippen molar-refractivity contribution in [2.75, 3.05) is 5.32 Å². The Morgan fingerprint density at radius 1 is 1.32 bits per heavy atom. The zero-order valence-corrected chi connectivity index (χ0v) is 11.7. The molecule has 1 aromatic carbocycles. The fourth-order valence-corrected chi connectivity index (χ4v) is 2.69. The first-order chi connectivity index (χ1) is 9.26. The number of aryl methyl sites for hydroxylation is 1. The van der Waals surface area contributed by atoms with E-state index >= 15 is 0 Å². The maximum atomic E-state index is 5.83. The summed E-state index contributed by atoms with van der Waals surface area (Å²) in [7, 11) is 0. The van der Waals surface area contributed by atoms with E-state index in [0.29, 0.717) is 0 Å². The minimum atomic E-state index is 0.0741. The second-order valence-corrected chi connectivity index (χ2v) is 5.47. The molecule has 3 rings (SSSR count). The molecular formula is C14H15N3OS. The molecule has 1 unspecified atom stereocenters. The number of aromatic nitrogens is 2. The van der Waals surface area contributed by atoms with E-state index in [9.17, 15) is 0 Å². The quantitative estimate of drug-likeness (QED) is 0.780. The van der Waals surface area contributed by atoms with Crippen LogP contribution in [0.15, 0.2) is 34.7 Å². The molecule has 0 fully saturated rings. The van der Waals surface area contributed by atoms with Crippen molar-refractivity contribution in [3.8, 4) is 0 Å². The Labute approximate surface area is 115 Å². The Balaban J connectivity index is 1.81. The molecule has 0 amide bonds. The molecule has 0 saturated carbocycles. The highest BCUT2D eigenvalue weighted by atomic mass is 32.1. The third kappa shape index (κ3) is 2.46. The largest absolute Gasteiger partial charge is 0.459 e. The standard InChI is InChI=1S/C14H15N3OS/c1-3-13-16-17-14(19-13)15-9(2)12-8-10-6-4-5-7-11(10)18-12/h4-9H,3H2,1-2H3,(H,15,17). The summed E-state index contributed by atoms with van der Waals surface area (Å²) in [6, 6.07) is 10.2. The highest BCUT2D eigenvalue weighted by molar-refractivity contribution is 7.15. The van der Waals surface area contributed by atoms with Crippen LogP contribution in [0.1, 0.15) is 30.7 Å². The lowest BCUT2D eigenvalue weighted by molar-refractivity contribution is 0.526. The van der Waals surface area contributed by atoms with Crippen LogP contribution in [-0.2, 0) is 6.42 Å². The number of anilines is 1. The monoisotopic (exact) mass is 273 g/mol. The van der Waals surface area contributed by atoms with Crippen LogP contribution in [0, 0.1) is 0 Å². The molecule has 19 heavy (non-hydrogen) atoms. The molecule has 98 valence electrons. The van der Waals surface area contributed by atoms with Gasteiger partial charge >= 0.3 is 0 Å². The fourth-order valence-electron chi connectivity index (χ4n) is 1.93. The third-order valence-electron chi connectivity index (χ3n) is 2.98. The summed E-state index contributed by atoms with van der Waals surface area (Å²) in [5.74, 6) is 0.912. The molecule has 0 saturated heterocycles. The average molecular weight is 273 g/mol. The summed E-state index contributed by atoms with van der Waals surface area (Å²) in [5.41, 5.74) is 0.915. The molecule has 0 aliphatic rings. The summed E-state index contributed by atoms with van der Waals surface area (Å²) < 4.78 is 5.83. The normalized spacial score (nSPS) is 12.7. The van der Waals surface area contributed by atoms with Gasteiger partial charge in [-0.1, -0.05) is 36.5 Å². The predicted octanol–water partition coefficient (Wildman–Crippen LogP) is 4.02. The van der Waals surface area contributed by atoms with Crippen LogP contribution in [0.3, 0.4) is 0 Å². The second kappa shape index (κ2) is 5.01. The van der Waals surface area contributed by atoms with E-state index in [2.05, 4.69) is 41.5 Å². The first kappa shape index (κ1) is 12.2. The van der Waals surface area contributed by atoms with Crippen molar-refractivity contribution in [3.63, 3.8) is 0 Å². The molecule has 0 radical (unpaired) electrons. The van der Waals surface area contributed by atoms with Gasteiger partial charge in [-0.15, -0.1) is 10.2 Å². The smallest absolute Gasteiger partial charge is 0.206 e. The van der Waals surface area contributed by atoms with Crippen LogP contribution in [0.25, 0.3) is 11.0 Å². The van der Waals surface area contributed by atoms with Gasteiger partial charge in [-0.2, -0.15) is 0 Å². The topological polar surface area (TPSA) is 51.0 Å². The maximum Gasteiger partial charge on any atom is 0.206 e. The summed E-state index contributed by atoms with van der Waals surface area (Å²) in [5, 5.41) is 14.5. The predicted molar refractivity (Wildman–Crippen MR) is 77.5 cm³/mol. The van der Waals surface area contributed by atoms with E-state index in [-0.39, 0.29) is 6.04 Å². The average Bonchev–Trinajstić information content (AvgIpc) is 3.04. The van der Waals surface area contributed by atoms with Gasteiger partial charge in [0.15, 0.2) is 0 Å². The number of hydrogen-bond donors (Lipinski definition) is 1. The van der Waals surface area contributed by atoms with Crippen LogP contribution >= 0.6 is 11.3 Å². The van der Waals surface area contributed by atoms with Crippen LogP contribution in [0.5, 0.6) is 0 Å². The van der Waals surface area contributed by atoms with Crippen molar-refractivity contribution in [2.24, 2.45) is 0 Å². The molecule has 1 N–H and O–H groups in total. The molecule has 0 aliphatic heterocycles. The van der Waals surface area contributed by atoms with Gasteiger partial charge in [-0.3, -0.25) is 0 Å². The molecule has 0 spiro atoms. The van der Waals surface area contributed by atoms with E-state index in [0.717, 1.165) is 33.3 Å². The number of rotatable bonds is 4. The lowest BCUT2D eigenvalue weighted by atomic mass is 10.2. The van der Waals surface area contributed by atoms with Crippen molar-refractivity contribution >= 4 is 27.4 Å². The van der Waals surface area contributed by atoms with Crippen molar-refractivity contribution in [1.29, 1.82) is 0 Å². The zero-order valence-electron chi connectivity index (χ0n) is 10.9. The van der Waals surface area contributed by atoms with Gasteiger partial charge < -0.3 is 9.73 Å². The first-order valence-corrected chi connectivity index (χ1v) is 7.15. The number of fused-ring (bicyclic) bond motifs is 1. The molecular weight excluding hydrogens is 258 g/mol. The summed E-state index contributed by atoms with van der Waals surface area (Å²) >= 11 is 1.59.